The molecule has 2 aromatic carbocycles. The van der Waals surface area contributed by atoms with E-state index in [1.54, 1.807) is 18.2 Å². The van der Waals surface area contributed by atoms with Gasteiger partial charge in [0.15, 0.2) is 0 Å². The molecular formula is C20H18F3N3O4S. The monoisotopic (exact) mass is 453 g/mol. The Morgan fingerprint density at radius 1 is 1.03 bits per heavy atom. The van der Waals surface area contributed by atoms with Crippen molar-refractivity contribution in [2.45, 2.75) is 17.6 Å². The fourth-order valence-corrected chi connectivity index (χ4v) is 3.88. The molecule has 0 aliphatic rings. The van der Waals surface area contributed by atoms with Crippen LogP contribution in [0.2, 0.25) is 0 Å². The van der Waals surface area contributed by atoms with E-state index in [4.69, 9.17) is 9.47 Å². The zero-order valence-electron chi connectivity index (χ0n) is 16.5. The van der Waals surface area contributed by atoms with E-state index >= 15 is 0 Å². The van der Waals surface area contributed by atoms with Crippen LogP contribution in [-0.2, 0) is 22.7 Å². The molecule has 0 amide bonds. The summed E-state index contributed by atoms with van der Waals surface area (Å²) in [6, 6.07) is 8.86. The lowest BCUT2D eigenvalue weighted by Gasteiger charge is -2.15. The molecule has 0 atom stereocenters. The average Bonchev–Trinajstić information content (AvgIpc) is 2.77. The molecule has 164 valence electrons. The molecule has 0 bridgehead atoms. The molecule has 0 aliphatic carbocycles. The van der Waals surface area contributed by atoms with Crippen LogP contribution in [0.3, 0.4) is 0 Å². The number of sulfonamides is 1. The number of aromatic nitrogens is 2. The zero-order valence-corrected chi connectivity index (χ0v) is 17.3. The summed E-state index contributed by atoms with van der Waals surface area (Å²) < 4.78 is 78.9. The summed E-state index contributed by atoms with van der Waals surface area (Å²) in [5.74, 6) is 0.885. The zero-order chi connectivity index (χ0) is 22.6. The molecule has 0 fully saturated rings. The van der Waals surface area contributed by atoms with E-state index in [1.807, 2.05) is 0 Å². The van der Waals surface area contributed by atoms with Gasteiger partial charge in [-0.2, -0.15) is 13.2 Å². The Morgan fingerprint density at radius 3 is 2.42 bits per heavy atom. The van der Waals surface area contributed by atoms with Crippen molar-refractivity contribution in [1.82, 2.24) is 14.7 Å². The standard InChI is InChI=1S/C20H18F3N3O4S/c1-29-14-4-3-13(19(9-14)30-2)11-26-31(27,28)15-5-6-16(17(10-15)20(21,22)23)18-7-8-24-12-25-18/h3-10,12,26H,11H2,1-2H3. The van der Waals surface area contributed by atoms with Crippen molar-refractivity contribution in [2.24, 2.45) is 0 Å². The smallest absolute Gasteiger partial charge is 0.417 e. The van der Waals surface area contributed by atoms with Crippen molar-refractivity contribution in [3.63, 3.8) is 0 Å². The Kier molecular flexibility index (Phi) is 6.46. The second kappa shape index (κ2) is 8.90. The number of halogens is 3. The van der Waals surface area contributed by atoms with E-state index in [0.29, 0.717) is 23.1 Å². The minimum Gasteiger partial charge on any atom is -0.497 e. The third-order valence-electron chi connectivity index (χ3n) is 4.41. The lowest BCUT2D eigenvalue weighted by atomic mass is 10.0. The summed E-state index contributed by atoms with van der Waals surface area (Å²) in [6.07, 6.45) is -2.37. The second-order valence-corrected chi connectivity index (χ2v) is 8.07. The van der Waals surface area contributed by atoms with Gasteiger partial charge in [-0.3, -0.25) is 0 Å². The summed E-state index contributed by atoms with van der Waals surface area (Å²) >= 11 is 0. The van der Waals surface area contributed by atoms with Crippen LogP contribution in [0.5, 0.6) is 11.5 Å². The molecule has 1 heterocycles. The number of benzene rings is 2. The maximum atomic E-state index is 13.6. The van der Waals surface area contributed by atoms with Gasteiger partial charge in [0.2, 0.25) is 10.0 Å². The molecule has 7 nitrogen and oxygen atoms in total. The second-order valence-electron chi connectivity index (χ2n) is 6.30. The van der Waals surface area contributed by atoms with Crippen LogP contribution >= 0.6 is 0 Å². The number of methoxy groups -OCH3 is 2. The first-order chi connectivity index (χ1) is 14.7. The highest BCUT2D eigenvalue weighted by molar-refractivity contribution is 7.89. The van der Waals surface area contributed by atoms with E-state index in [-0.39, 0.29) is 17.8 Å². The summed E-state index contributed by atoms with van der Waals surface area (Å²) in [4.78, 5) is 6.98. The van der Waals surface area contributed by atoms with Gasteiger partial charge in [0.25, 0.3) is 0 Å². The van der Waals surface area contributed by atoms with E-state index in [0.717, 1.165) is 18.5 Å². The Labute approximate surface area is 176 Å². The number of rotatable bonds is 7. The van der Waals surface area contributed by atoms with Crippen LogP contribution in [0.4, 0.5) is 13.2 Å². The van der Waals surface area contributed by atoms with Gasteiger partial charge in [-0.1, -0.05) is 12.1 Å². The maximum Gasteiger partial charge on any atom is 0.417 e. The molecule has 0 saturated heterocycles. The number of alkyl halides is 3. The van der Waals surface area contributed by atoms with Gasteiger partial charge in [0, 0.05) is 29.9 Å². The quantitative estimate of drug-likeness (QED) is 0.587. The molecule has 0 aliphatic heterocycles. The fraction of sp³-hybridized carbons (Fsp3) is 0.200. The fourth-order valence-electron chi connectivity index (χ4n) is 2.85. The van der Waals surface area contributed by atoms with Crippen LogP contribution in [0, 0.1) is 0 Å². The van der Waals surface area contributed by atoms with Crippen molar-refractivity contribution in [2.75, 3.05) is 14.2 Å². The normalized spacial score (nSPS) is 11.9. The van der Waals surface area contributed by atoms with Crippen LogP contribution in [0.15, 0.2) is 59.9 Å². The van der Waals surface area contributed by atoms with Crippen LogP contribution in [-0.4, -0.2) is 32.6 Å². The molecule has 31 heavy (non-hydrogen) atoms. The highest BCUT2D eigenvalue weighted by Gasteiger charge is 2.35. The van der Waals surface area contributed by atoms with Crippen LogP contribution in [0.25, 0.3) is 11.3 Å². The van der Waals surface area contributed by atoms with Gasteiger partial charge in [-0.25, -0.2) is 23.1 Å². The summed E-state index contributed by atoms with van der Waals surface area (Å²) in [5.41, 5.74) is -0.843. The predicted octanol–water partition coefficient (Wildman–Crippen LogP) is 3.66. The van der Waals surface area contributed by atoms with Crippen molar-refractivity contribution < 1.29 is 31.1 Å². The Balaban J connectivity index is 1.93. The molecule has 3 aromatic rings. The van der Waals surface area contributed by atoms with Crippen LogP contribution < -0.4 is 14.2 Å². The summed E-state index contributed by atoms with van der Waals surface area (Å²) in [7, 11) is -1.37. The highest BCUT2D eigenvalue weighted by Crippen LogP contribution is 2.37. The average molecular weight is 453 g/mol. The summed E-state index contributed by atoms with van der Waals surface area (Å²) in [5, 5.41) is 0. The molecule has 11 heteroatoms. The van der Waals surface area contributed by atoms with E-state index < -0.39 is 26.7 Å². The predicted molar refractivity (Wildman–Crippen MR) is 106 cm³/mol. The van der Waals surface area contributed by atoms with E-state index in [9.17, 15) is 21.6 Å². The summed E-state index contributed by atoms with van der Waals surface area (Å²) in [6.45, 7) is -0.190. The van der Waals surface area contributed by atoms with Crippen molar-refractivity contribution in [3.8, 4) is 22.8 Å². The molecule has 3 rings (SSSR count). The highest BCUT2D eigenvalue weighted by atomic mass is 32.2. The Morgan fingerprint density at radius 2 is 1.81 bits per heavy atom. The van der Waals surface area contributed by atoms with Gasteiger partial charge >= 0.3 is 6.18 Å². The van der Waals surface area contributed by atoms with Gasteiger partial charge in [-0.05, 0) is 24.3 Å². The third-order valence-corrected chi connectivity index (χ3v) is 5.81. The lowest BCUT2D eigenvalue weighted by Crippen LogP contribution is -2.24. The molecule has 1 aromatic heterocycles. The van der Waals surface area contributed by atoms with Crippen LogP contribution in [0.1, 0.15) is 11.1 Å². The first kappa shape index (κ1) is 22.5. The SMILES string of the molecule is COc1ccc(CNS(=O)(=O)c2ccc(-c3ccncn3)c(C(F)(F)F)c2)c(OC)c1. The number of hydrogen-bond donors (Lipinski definition) is 1. The minimum absolute atomic E-state index is 0.0298. The molecule has 0 unspecified atom stereocenters. The third kappa shape index (κ3) is 5.12. The Hall–Kier alpha value is -3.18. The van der Waals surface area contributed by atoms with Crippen molar-refractivity contribution >= 4 is 10.0 Å². The molecule has 0 radical (unpaired) electrons. The first-order valence-electron chi connectivity index (χ1n) is 8.84. The lowest BCUT2D eigenvalue weighted by molar-refractivity contribution is -0.137. The van der Waals surface area contributed by atoms with Gasteiger partial charge < -0.3 is 9.47 Å². The van der Waals surface area contributed by atoms with Gasteiger partial charge in [-0.15, -0.1) is 0 Å². The maximum absolute atomic E-state index is 13.6. The van der Waals surface area contributed by atoms with E-state index in [1.165, 1.54) is 26.5 Å². The molecular weight excluding hydrogens is 435 g/mol. The Bertz CT molecular complexity index is 1170. The number of nitrogens with one attached hydrogen (secondary N) is 1. The molecule has 0 saturated carbocycles. The molecule has 1 N–H and O–H groups in total. The molecule has 0 spiro atoms. The minimum atomic E-state index is -4.79. The van der Waals surface area contributed by atoms with Crippen molar-refractivity contribution in [1.29, 1.82) is 0 Å². The number of ether oxygens (including phenoxy) is 2. The van der Waals surface area contributed by atoms with Crippen molar-refractivity contribution in [3.05, 3.63) is 66.1 Å². The van der Waals surface area contributed by atoms with Gasteiger partial charge in [0.05, 0.1) is 30.4 Å². The number of hydrogen-bond acceptors (Lipinski definition) is 6. The van der Waals surface area contributed by atoms with E-state index in [2.05, 4.69) is 14.7 Å². The topological polar surface area (TPSA) is 90.4 Å². The first-order valence-corrected chi connectivity index (χ1v) is 10.3. The largest absolute Gasteiger partial charge is 0.497 e. The van der Waals surface area contributed by atoms with Gasteiger partial charge in [0.1, 0.15) is 17.8 Å². The number of nitrogens with zero attached hydrogens (tertiary/aromatic N) is 2.